The van der Waals surface area contributed by atoms with Crippen LogP contribution in [0, 0.1) is 5.92 Å². The molecule has 4 aromatic heterocycles. The lowest BCUT2D eigenvalue weighted by Crippen LogP contribution is -2.38. The fraction of sp³-hybridized carbons (Fsp3) is 0.419. The molecular formula is C31H33F2N7O2. The minimum Gasteiger partial charge on any atom is -0.456 e. The summed E-state index contributed by atoms with van der Waals surface area (Å²) in [5, 5.41) is 0.934. The van der Waals surface area contributed by atoms with Crippen molar-refractivity contribution < 1.29 is 18.3 Å². The molecule has 2 aliphatic rings. The van der Waals surface area contributed by atoms with Gasteiger partial charge in [-0.25, -0.2) is 15.0 Å². The third-order valence-electron chi connectivity index (χ3n) is 8.49. The largest absolute Gasteiger partial charge is 0.456 e. The van der Waals surface area contributed by atoms with Gasteiger partial charge in [0, 0.05) is 50.9 Å². The molecule has 1 aromatic carbocycles. The lowest BCUT2D eigenvalue weighted by molar-refractivity contribution is 0.0249. The second-order valence-corrected chi connectivity index (χ2v) is 11.4. The van der Waals surface area contributed by atoms with Crippen LogP contribution in [0.3, 0.4) is 0 Å². The van der Waals surface area contributed by atoms with E-state index < -0.39 is 19.1 Å². The van der Waals surface area contributed by atoms with Crippen LogP contribution in [0.15, 0.2) is 49.1 Å². The monoisotopic (exact) mass is 573 g/mol. The van der Waals surface area contributed by atoms with Gasteiger partial charge >= 0.3 is 0 Å². The summed E-state index contributed by atoms with van der Waals surface area (Å²) in [6.07, 6.45) is 6.58. The highest BCUT2D eigenvalue weighted by Gasteiger charge is 2.30. The van der Waals surface area contributed by atoms with E-state index in [1.807, 2.05) is 35.9 Å². The second-order valence-electron chi connectivity index (χ2n) is 11.4. The highest BCUT2D eigenvalue weighted by atomic mass is 19.1. The number of carbonyl (C=O) groups excluding carboxylic acids is 1. The van der Waals surface area contributed by atoms with E-state index in [4.69, 9.17) is 14.7 Å². The number of hydrogen-bond acceptors (Lipinski definition) is 5. The molecule has 1 aliphatic heterocycles. The minimum absolute atomic E-state index is 0.123. The fourth-order valence-corrected chi connectivity index (χ4v) is 5.91. The third kappa shape index (κ3) is 4.60. The Kier molecular flexibility index (Phi) is 6.67. The van der Waals surface area contributed by atoms with Gasteiger partial charge in [-0.15, -0.1) is 0 Å². The molecule has 11 heteroatoms. The highest BCUT2D eigenvalue weighted by molar-refractivity contribution is 5.99. The Morgan fingerprint density at radius 2 is 2.05 bits per heavy atom. The molecule has 1 fully saturated rings. The first kappa shape index (κ1) is 26.6. The van der Waals surface area contributed by atoms with Crippen LogP contribution < -0.4 is 4.74 Å². The van der Waals surface area contributed by atoms with Gasteiger partial charge in [0.15, 0.2) is 11.5 Å². The molecule has 9 nitrogen and oxygen atoms in total. The first-order chi connectivity index (χ1) is 20.4. The zero-order valence-electron chi connectivity index (χ0n) is 23.7. The number of pyridine rings is 1. The average molecular weight is 574 g/mol. The quantitative estimate of drug-likeness (QED) is 0.221. The number of nitrogens with zero attached hydrogens (tertiary/aromatic N) is 7. The van der Waals surface area contributed by atoms with E-state index >= 15 is 4.39 Å². The van der Waals surface area contributed by atoms with E-state index in [-0.39, 0.29) is 5.91 Å². The molecule has 1 aliphatic carbocycles. The Morgan fingerprint density at radius 3 is 2.81 bits per heavy atom. The number of imidazole rings is 2. The number of fused-ring (bicyclic) bond motifs is 3. The number of hydrogen-bond donors (Lipinski definition) is 0. The summed E-state index contributed by atoms with van der Waals surface area (Å²) in [6, 6.07) is 9.03. The second kappa shape index (κ2) is 10.5. The van der Waals surface area contributed by atoms with E-state index in [2.05, 4.69) is 15.6 Å². The number of carbonyl (C=O) groups is 1. The maximum atomic E-state index is 15.4. The average Bonchev–Trinajstić information content (AvgIpc) is 3.36. The Balaban J connectivity index is 1.30. The predicted molar refractivity (Wildman–Crippen MR) is 155 cm³/mol. The summed E-state index contributed by atoms with van der Waals surface area (Å²) in [5.41, 5.74) is 4.33. The number of rotatable bonds is 10. The Bertz CT molecular complexity index is 1770. The smallest absolute Gasteiger partial charge is 0.258 e. The molecule has 5 heterocycles. The molecule has 7 rings (SSSR count). The Hall–Kier alpha value is -4.28. The van der Waals surface area contributed by atoms with Crippen molar-refractivity contribution in [2.24, 2.45) is 13.0 Å². The normalized spacial score (nSPS) is 16.8. The molecule has 1 saturated carbocycles. The number of para-hydroxylation sites is 1. The van der Waals surface area contributed by atoms with Crippen molar-refractivity contribution >= 4 is 28.0 Å². The van der Waals surface area contributed by atoms with E-state index in [0.29, 0.717) is 60.2 Å². The Morgan fingerprint density at radius 1 is 1.19 bits per heavy atom. The van der Waals surface area contributed by atoms with Gasteiger partial charge in [0.1, 0.15) is 11.3 Å². The minimum atomic E-state index is -1.58. The van der Waals surface area contributed by atoms with Crippen LogP contribution in [0.5, 0.6) is 5.75 Å². The maximum absolute atomic E-state index is 15.4. The van der Waals surface area contributed by atoms with E-state index in [0.717, 1.165) is 41.7 Å². The summed E-state index contributed by atoms with van der Waals surface area (Å²) in [5.74, 6) is 1.60. The zero-order chi connectivity index (χ0) is 29.0. The lowest BCUT2D eigenvalue weighted by Gasteiger charge is -2.27. The van der Waals surface area contributed by atoms with Gasteiger partial charge in [0.25, 0.3) is 12.3 Å². The fourth-order valence-electron chi connectivity index (χ4n) is 5.91. The van der Waals surface area contributed by atoms with Gasteiger partial charge in [-0.05, 0) is 50.3 Å². The molecule has 5 aromatic rings. The first-order valence-corrected chi connectivity index (χ1v) is 14.5. The van der Waals surface area contributed by atoms with Crippen LogP contribution in [0.1, 0.15) is 48.3 Å². The highest BCUT2D eigenvalue weighted by Crippen LogP contribution is 2.40. The summed E-state index contributed by atoms with van der Waals surface area (Å²) in [7, 11) is 1.93. The third-order valence-corrected chi connectivity index (χ3v) is 8.49. The van der Waals surface area contributed by atoms with E-state index in [1.54, 1.807) is 35.1 Å². The van der Waals surface area contributed by atoms with E-state index in [1.165, 1.54) is 0 Å². The summed E-state index contributed by atoms with van der Waals surface area (Å²) >= 11 is 0. The van der Waals surface area contributed by atoms with Crippen molar-refractivity contribution in [3.63, 3.8) is 0 Å². The van der Waals surface area contributed by atoms with Crippen molar-refractivity contribution in [3.05, 3.63) is 60.3 Å². The lowest BCUT2D eigenvalue weighted by atomic mass is 10.0. The van der Waals surface area contributed by atoms with Gasteiger partial charge < -0.3 is 23.3 Å². The number of amides is 1. The van der Waals surface area contributed by atoms with Crippen LogP contribution >= 0.6 is 0 Å². The van der Waals surface area contributed by atoms with Crippen molar-refractivity contribution in [1.82, 2.24) is 33.6 Å². The van der Waals surface area contributed by atoms with Gasteiger partial charge in [-0.2, -0.15) is 4.39 Å². The summed E-state index contributed by atoms with van der Waals surface area (Å²) < 4.78 is 40.0. The summed E-state index contributed by atoms with van der Waals surface area (Å²) in [6.45, 7) is 3.00. The molecule has 42 heavy (non-hydrogen) atoms. The number of halogens is 2. The molecule has 2 atom stereocenters. The maximum Gasteiger partial charge on any atom is 0.258 e. The predicted octanol–water partition coefficient (Wildman–Crippen LogP) is 5.49. The molecule has 0 saturated heterocycles. The molecule has 0 radical (unpaired) electrons. The zero-order valence-corrected chi connectivity index (χ0v) is 23.7. The molecule has 2 unspecified atom stereocenters. The van der Waals surface area contributed by atoms with Gasteiger partial charge in [0.2, 0.25) is 0 Å². The molecular weight excluding hydrogens is 540 g/mol. The molecule has 218 valence electrons. The van der Waals surface area contributed by atoms with Crippen LogP contribution in [0.25, 0.3) is 33.6 Å². The molecule has 0 N–H and O–H groups in total. The van der Waals surface area contributed by atoms with Crippen molar-refractivity contribution in [2.75, 3.05) is 19.8 Å². The van der Waals surface area contributed by atoms with Gasteiger partial charge in [-0.1, -0.05) is 12.1 Å². The SMILES string of the molecule is CC(C(F)Oc1cccc2cc(-c3nc4cc5c(nc4n3C)CCN(CCCF)C5=O)n(CC3CC3)c12)n1ccnc1. The van der Waals surface area contributed by atoms with Crippen LogP contribution in [0.4, 0.5) is 8.78 Å². The van der Waals surface area contributed by atoms with Crippen molar-refractivity contribution in [1.29, 1.82) is 0 Å². The number of aryl methyl sites for hydroxylation is 1. The number of aromatic nitrogens is 6. The van der Waals surface area contributed by atoms with Crippen LogP contribution in [0.2, 0.25) is 0 Å². The van der Waals surface area contributed by atoms with Crippen molar-refractivity contribution in [3.8, 4) is 17.3 Å². The summed E-state index contributed by atoms with van der Waals surface area (Å²) in [4.78, 5) is 28.7. The Labute approximate surface area is 241 Å². The van der Waals surface area contributed by atoms with Crippen LogP contribution in [-0.4, -0.2) is 65.6 Å². The standard InChI is InChI=1S/C31H33F2N7O2/c1-19(39-14-11-34-18-39)28(33)42-26-6-3-5-21-15-25(40(27(21)26)17-20-7-8-20)30-36-24-16-22-23(35-29(24)37(30)2)9-13-38(31(22)41)12-4-10-32/h3,5-6,11,14-16,18-20,28H,4,7-10,12-13,17H2,1-2H3. The molecule has 0 spiro atoms. The van der Waals surface area contributed by atoms with E-state index in [9.17, 15) is 9.18 Å². The number of alkyl halides is 2. The van der Waals surface area contributed by atoms with Gasteiger partial charge in [0.05, 0.1) is 41.5 Å². The van der Waals surface area contributed by atoms with Crippen LogP contribution in [-0.2, 0) is 20.0 Å². The molecule has 1 amide bonds. The first-order valence-electron chi connectivity index (χ1n) is 14.5. The topological polar surface area (TPSA) is 83.0 Å². The van der Waals surface area contributed by atoms with Crippen molar-refractivity contribution in [2.45, 2.75) is 51.6 Å². The number of benzene rings is 1. The molecule has 0 bridgehead atoms. The number of ether oxygens (including phenoxy) is 1. The van der Waals surface area contributed by atoms with Gasteiger partial charge in [-0.3, -0.25) is 9.18 Å².